The van der Waals surface area contributed by atoms with Crippen molar-refractivity contribution in [3.05, 3.63) is 72.3 Å². The summed E-state index contributed by atoms with van der Waals surface area (Å²) < 4.78 is 8.75. The zero-order chi connectivity index (χ0) is 18.2. The van der Waals surface area contributed by atoms with Crippen molar-refractivity contribution in [1.29, 1.82) is 0 Å². The average molecular weight is 467 g/mol. The molecule has 0 unspecified atom stereocenters. The summed E-state index contributed by atoms with van der Waals surface area (Å²) in [5, 5.41) is 2.45. The third-order valence-corrected chi connectivity index (χ3v) is 6.85. The molecule has 0 amide bonds. The first-order chi connectivity index (χ1) is 13.3. The second-order valence-electron chi connectivity index (χ2n) is 7.43. The molecule has 1 saturated carbocycles. The molecule has 0 atom stereocenters. The molecule has 3 aromatic carbocycles. The van der Waals surface area contributed by atoms with Crippen molar-refractivity contribution >= 4 is 56.2 Å². The fourth-order valence-corrected chi connectivity index (χ4v) is 5.12. The van der Waals surface area contributed by atoms with Crippen molar-refractivity contribution in [1.82, 2.24) is 0 Å². The molecule has 1 aromatic heterocycles. The first-order valence-corrected chi connectivity index (χ1v) is 10.7. The lowest BCUT2D eigenvalue weighted by molar-refractivity contribution is 0.442. The number of nitrogens with zero attached hydrogens (tertiary/aromatic N) is 1. The van der Waals surface area contributed by atoms with Gasteiger partial charge in [-0.25, -0.2) is 0 Å². The van der Waals surface area contributed by atoms with Crippen LogP contribution in [0.5, 0.6) is 0 Å². The summed E-state index contributed by atoms with van der Waals surface area (Å²) in [4.78, 5) is 0. The SMILES string of the molecule is IN(c1ccccc1)c1cccc2c1oc1c(C3CCCCC3)cccc12. The minimum absolute atomic E-state index is 0.635. The highest BCUT2D eigenvalue weighted by Gasteiger charge is 2.22. The standard InChI is InChI=1S/C24H22INO/c25-26(18-11-5-2-6-12-18)22-16-8-15-21-20-14-7-13-19(23(20)27-24(21)22)17-9-3-1-4-10-17/h2,5-8,11-17H,1,3-4,9-10H2. The topological polar surface area (TPSA) is 16.4 Å². The second-order valence-corrected chi connectivity index (χ2v) is 8.40. The molecule has 5 rings (SSSR count). The molecule has 0 N–H and O–H groups in total. The fourth-order valence-electron chi connectivity index (χ4n) is 4.41. The van der Waals surface area contributed by atoms with E-state index in [2.05, 4.69) is 86.6 Å². The summed E-state index contributed by atoms with van der Waals surface area (Å²) >= 11 is 2.37. The monoisotopic (exact) mass is 467 g/mol. The number of rotatable bonds is 3. The summed E-state index contributed by atoms with van der Waals surface area (Å²) in [6.45, 7) is 0. The highest BCUT2D eigenvalue weighted by molar-refractivity contribution is 14.1. The van der Waals surface area contributed by atoms with Crippen LogP contribution in [0.1, 0.15) is 43.6 Å². The fraction of sp³-hybridized carbons (Fsp3) is 0.250. The number of fused-ring (bicyclic) bond motifs is 3. The maximum absolute atomic E-state index is 6.56. The van der Waals surface area contributed by atoms with Crippen molar-refractivity contribution in [2.45, 2.75) is 38.0 Å². The molecule has 0 spiro atoms. The summed E-state index contributed by atoms with van der Waals surface area (Å²) in [5.41, 5.74) is 5.72. The van der Waals surface area contributed by atoms with Crippen LogP contribution in [-0.4, -0.2) is 0 Å². The van der Waals surface area contributed by atoms with Gasteiger partial charge in [-0.15, -0.1) is 0 Å². The smallest absolute Gasteiger partial charge is 0.159 e. The molecule has 1 fully saturated rings. The maximum atomic E-state index is 6.56. The maximum Gasteiger partial charge on any atom is 0.159 e. The van der Waals surface area contributed by atoms with Crippen LogP contribution >= 0.6 is 22.9 Å². The predicted octanol–water partition coefficient (Wildman–Crippen LogP) is 8.12. The molecule has 3 heteroatoms. The molecular weight excluding hydrogens is 445 g/mol. The molecule has 0 bridgehead atoms. The van der Waals surface area contributed by atoms with E-state index in [4.69, 9.17) is 4.42 Å². The lowest BCUT2D eigenvalue weighted by Crippen LogP contribution is -2.04. The van der Waals surface area contributed by atoms with E-state index >= 15 is 0 Å². The van der Waals surface area contributed by atoms with Gasteiger partial charge >= 0.3 is 0 Å². The van der Waals surface area contributed by atoms with Gasteiger partial charge in [0, 0.05) is 10.8 Å². The Morgan fingerprint density at radius 3 is 2.22 bits per heavy atom. The first-order valence-electron chi connectivity index (χ1n) is 9.78. The van der Waals surface area contributed by atoms with Crippen LogP contribution in [0.2, 0.25) is 0 Å². The lowest BCUT2D eigenvalue weighted by atomic mass is 9.83. The number of halogens is 1. The van der Waals surface area contributed by atoms with E-state index in [1.807, 2.05) is 6.07 Å². The van der Waals surface area contributed by atoms with Gasteiger partial charge in [-0.05, 0) is 42.5 Å². The summed E-state index contributed by atoms with van der Waals surface area (Å²) in [6, 6.07) is 23.6. The van der Waals surface area contributed by atoms with Gasteiger partial charge in [0.25, 0.3) is 0 Å². The number of hydrogen-bond acceptors (Lipinski definition) is 2. The van der Waals surface area contributed by atoms with Gasteiger partial charge in [0.2, 0.25) is 0 Å². The quantitative estimate of drug-likeness (QED) is 0.224. The molecule has 0 radical (unpaired) electrons. The Kier molecular flexibility index (Phi) is 4.56. The second kappa shape index (κ2) is 7.19. The van der Waals surface area contributed by atoms with Gasteiger partial charge in [0.1, 0.15) is 5.58 Å². The zero-order valence-corrected chi connectivity index (χ0v) is 17.4. The largest absolute Gasteiger partial charge is 0.454 e. The van der Waals surface area contributed by atoms with E-state index in [0.29, 0.717) is 5.92 Å². The lowest BCUT2D eigenvalue weighted by Gasteiger charge is -2.21. The Balaban J connectivity index is 1.69. The van der Waals surface area contributed by atoms with Crippen LogP contribution in [0.15, 0.2) is 71.1 Å². The summed E-state index contributed by atoms with van der Waals surface area (Å²) in [5.74, 6) is 0.635. The van der Waals surface area contributed by atoms with Crippen molar-refractivity contribution in [2.75, 3.05) is 3.11 Å². The minimum Gasteiger partial charge on any atom is -0.454 e. The molecule has 0 saturated heterocycles. The predicted molar refractivity (Wildman–Crippen MR) is 122 cm³/mol. The van der Waals surface area contributed by atoms with Gasteiger partial charge < -0.3 is 4.42 Å². The number of hydrogen-bond donors (Lipinski definition) is 0. The molecule has 4 aromatic rings. The highest BCUT2D eigenvalue weighted by Crippen LogP contribution is 2.43. The van der Waals surface area contributed by atoms with Gasteiger partial charge in [-0.2, -0.15) is 0 Å². The van der Waals surface area contributed by atoms with Crippen molar-refractivity contribution < 1.29 is 4.42 Å². The van der Waals surface area contributed by atoms with Crippen LogP contribution in [-0.2, 0) is 0 Å². The zero-order valence-electron chi connectivity index (χ0n) is 15.2. The number of para-hydroxylation sites is 3. The average Bonchev–Trinajstić information content (AvgIpc) is 3.13. The van der Waals surface area contributed by atoms with E-state index in [1.165, 1.54) is 48.4 Å². The third kappa shape index (κ3) is 3.02. The van der Waals surface area contributed by atoms with E-state index in [-0.39, 0.29) is 0 Å². The van der Waals surface area contributed by atoms with Crippen LogP contribution < -0.4 is 3.11 Å². The van der Waals surface area contributed by atoms with E-state index < -0.39 is 0 Å². The van der Waals surface area contributed by atoms with Crippen molar-refractivity contribution in [3.63, 3.8) is 0 Å². The Labute approximate surface area is 173 Å². The highest BCUT2D eigenvalue weighted by atomic mass is 127. The molecule has 1 heterocycles. The van der Waals surface area contributed by atoms with E-state index in [9.17, 15) is 0 Å². The molecule has 2 nitrogen and oxygen atoms in total. The molecule has 0 aliphatic heterocycles. The van der Waals surface area contributed by atoms with E-state index in [0.717, 1.165) is 22.5 Å². The van der Waals surface area contributed by atoms with Crippen LogP contribution in [0.3, 0.4) is 0 Å². The molecule has 27 heavy (non-hydrogen) atoms. The Morgan fingerprint density at radius 1 is 0.741 bits per heavy atom. The number of anilines is 2. The van der Waals surface area contributed by atoms with Crippen LogP contribution in [0.25, 0.3) is 21.9 Å². The Bertz CT molecular complexity index is 1080. The number of benzene rings is 3. The van der Waals surface area contributed by atoms with Gasteiger partial charge in [-0.1, -0.05) is 67.8 Å². The first kappa shape index (κ1) is 17.1. The number of furan rings is 1. The van der Waals surface area contributed by atoms with E-state index in [1.54, 1.807) is 0 Å². The summed E-state index contributed by atoms with van der Waals surface area (Å²) in [6.07, 6.45) is 6.61. The van der Waals surface area contributed by atoms with Crippen LogP contribution in [0.4, 0.5) is 11.4 Å². The van der Waals surface area contributed by atoms with Crippen molar-refractivity contribution in [2.24, 2.45) is 0 Å². The van der Waals surface area contributed by atoms with Gasteiger partial charge in [0.05, 0.1) is 34.2 Å². The summed E-state index contributed by atoms with van der Waals surface area (Å²) in [7, 11) is 0. The molecular formula is C24H22INO. The molecule has 136 valence electrons. The van der Waals surface area contributed by atoms with Crippen LogP contribution in [0, 0.1) is 0 Å². The molecule has 1 aliphatic carbocycles. The molecule has 1 aliphatic rings. The third-order valence-electron chi connectivity index (χ3n) is 5.77. The van der Waals surface area contributed by atoms with Gasteiger partial charge in [-0.3, -0.25) is 3.11 Å². The van der Waals surface area contributed by atoms with Crippen molar-refractivity contribution in [3.8, 4) is 0 Å². The minimum atomic E-state index is 0.635. The Morgan fingerprint density at radius 2 is 1.44 bits per heavy atom. The Hall–Kier alpha value is -2.01. The van der Waals surface area contributed by atoms with Gasteiger partial charge in [0.15, 0.2) is 5.58 Å². The normalized spacial score (nSPS) is 15.4.